The second-order valence-corrected chi connectivity index (χ2v) is 6.33. The lowest BCUT2D eigenvalue weighted by molar-refractivity contribution is 0.0810. The Morgan fingerprint density at radius 1 is 1.26 bits per heavy atom. The van der Waals surface area contributed by atoms with E-state index in [1.54, 1.807) is 6.07 Å². The lowest BCUT2D eigenvalue weighted by atomic mass is 9.74. The van der Waals surface area contributed by atoms with Crippen molar-refractivity contribution in [3.05, 3.63) is 34.1 Å². The van der Waals surface area contributed by atoms with Crippen molar-refractivity contribution >= 4 is 15.9 Å². The van der Waals surface area contributed by atoms with Gasteiger partial charge in [-0.2, -0.15) is 0 Å². The average Bonchev–Trinajstić information content (AvgIpc) is 2.44. The van der Waals surface area contributed by atoms with Crippen LogP contribution in [0.4, 0.5) is 4.39 Å². The zero-order chi connectivity index (χ0) is 13.7. The fraction of sp³-hybridized carbons (Fsp3) is 0.600. The van der Waals surface area contributed by atoms with E-state index < -0.39 is 0 Å². The summed E-state index contributed by atoms with van der Waals surface area (Å²) in [7, 11) is 0. The summed E-state index contributed by atoms with van der Waals surface area (Å²) < 4.78 is 13.9. The molecule has 0 atom stereocenters. The summed E-state index contributed by atoms with van der Waals surface area (Å²) in [4.78, 5) is 0. The van der Waals surface area contributed by atoms with Crippen LogP contribution in [0.1, 0.15) is 37.7 Å². The van der Waals surface area contributed by atoms with Gasteiger partial charge in [0, 0.05) is 25.1 Å². The predicted molar refractivity (Wildman–Crippen MR) is 78.4 cm³/mol. The van der Waals surface area contributed by atoms with Crippen molar-refractivity contribution < 1.29 is 9.50 Å². The van der Waals surface area contributed by atoms with Crippen LogP contribution in [-0.2, 0) is 6.54 Å². The van der Waals surface area contributed by atoms with Gasteiger partial charge in [-0.05, 0) is 40.4 Å². The Morgan fingerprint density at radius 3 is 2.68 bits per heavy atom. The van der Waals surface area contributed by atoms with Crippen molar-refractivity contribution in [3.63, 3.8) is 0 Å². The minimum absolute atomic E-state index is 0.0258. The summed E-state index contributed by atoms with van der Waals surface area (Å²) in [6.07, 6.45) is 5.84. The molecule has 2 rings (SSSR count). The normalized spacial score (nSPS) is 18.5. The number of hydrogen-bond donors (Lipinski definition) is 2. The van der Waals surface area contributed by atoms with Crippen molar-refractivity contribution in [2.24, 2.45) is 5.41 Å². The maximum atomic E-state index is 13.4. The van der Waals surface area contributed by atoms with Crippen LogP contribution in [0, 0.1) is 11.2 Å². The van der Waals surface area contributed by atoms with Crippen LogP contribution in [-0.4, -0.2) is 18.3 Å². The van der Waals surface area contributed by atoms with Crippen LogP contribution < -0.4 is 5.32 Å². The molecule has 1 aromatic carbocycles. The first-order valence-electron chi connectivity index (χ1n) is 6.91. The Labute approximate surface area is 122 Å². The van der Waals surface area contributed by atoms with Crippen LogP contribution in [0.2, 0.25) is 0 Å². The monoisotopic (exact) mass is 329 g/mol. The predicted octanol–water partition coefficient (Wildman–Crippen LogP) is 3.62. The highest BCUT2D eigenvalue weighted by atomic mass is 79.9. The zero-order valence-corrected chi connectivity index (χ0v) is 12.7. The Balaban J connectivity index is 1.90. The van der Waals surface area contributed by atoms with E-state index in [9.17, 15) is 9.50 Å². The second-order valence-electron chi connectivity index (χ2n) is 5.54. The van der Waals surface area contributed by atoms with Crippen molar-refractivity contribution in [2.45, 2.75) is 38.6 Å². The van der Waals surface area contributed by atoms with Gasteiger partial charge in [0.2, 0.25) is 0 Å². The van der Waals surface area contributed by atoms with Gasteiger partial charge < -0.3 is 10.4 Å². The highest BCUT2D eigenvalue weighted by Gasteiger charge is 2.30. The van der Waals surface area contributed by atoms with Gasteiger partial charge in [0.1, 0.15) is 5.82 Å². The quantitative estimate of drug-likeness (QED) is 0.864. The van der Waals surface area contributed by atoms with Gasteiger partial charge in [0.05, 0.1) is 4.47 Å². The smallest absolute Gasteiger partial charge is 0.137 e. The van der Waals surface area contributed by atoms with Crippen LogP contribution >= 0.6 is 15.9 Å². The molecule has 0 amide bonds. The third-order valence-electron chi connectivity index (χ3n) is 4.10. The number of hydrogen-bond acceptors (Lipinski definition) is 2. The summed E-state index contributed by atoms with van der Waals surface area (Å²) in [6.45, 7) is 1.66. The highest BCUT2D eigenvalue weighted by Crippen LogP contribution is 2.35. The standard InChI is InChI=1S/C15H21BrFNO/c16-14-12(5-4-6-13(14)17)9-18-10-15(11-19)7-2-1-3-8-15/h4-6,18-19H,1-3,7-11H2. The summed E-state index contributed by atoms with van der Waals surface area (Å²) >= 11 is 3.27. The molecule has 4 heteroatoms. The average molecular weight is 330 g/mol. The van der Waals surface area contributed by atoms with Crippen molar-refractivity contribution in [1.82, 2.24) is 5.32 Å². The molecule has 0 unspecified atom stereocenters. The van der Waals surface area contributed by atoms with Crippen molar-refractivity contribution in [1.29, 1.82) is 0 Å². The molecule has 0 spiro atoms. The Morgan fingerprint density at radius 2 is 2.00 bits per heavy atom. The first-order chi connectivity index (χ1) is 9.17. The Hall–Kier alpha value is -0.450. The molecule has 1 fully saturated rings. The lowest BCUT2D eigenvalue weighted by Crippen LogP contribution is -2.38. The molecule has 0 bridgehead atoms. The number of nitrogens with one attached hydrogen (secondary N) is 1. The second kappa shape index (κ2) is 6.82. The molecule has 1 saturated carbocycles. The first kappa shape index (κ1) is 14.9. The molecule has 106 valence electrons. The van der Waals surface area contributed by atoms with Gasteiger partial charge in [-0.1, -0.05) is 31.4 Å². The van der Waals surface area contributed by atoms with E-state index in [-0.39, 0.29) is 17.8 Å². The maximum absolute atomic E-state index is 13.4. The van der Waals surface area contributed by atoms with E-state index in [1.807, 2.05) is 6.07 Å². The molecule has 19 heavy (non-hydrogen) atoms. The summed E-state index contributed by atoms with van der Waals surface area (Å²) in [5.74, 6) is -0.228. The van der Waals surface area contributed by atoms with Crippen molar-refractivity contribution in [3.8, 4) is 0 Å². The maximum Gasteiger partial charge on any atom is 0.137 e. The summed E-state index contributed by atoms with van der Waals surface area (Å²) in [5.41, 5.74) is 0.946. The number of benzene rings is 1. The molecule has 1 aliphatic rings. The molecule has 1 aliphatic carbocycles. The number of rotatable bonds is 5. The number of aliphatic hydroxyl groups excluding tert-OH is 1. The van der Waals surface area contributed by atoms with Crippen LogP contribution in [0.5, 0.6) is 0 Å². The van der Waals surface area contributed by atoms with E-state index in [0.29, 0.717) is 11.0 Å². The van der Waals surface area contributed by atoms with E-state index in [2.05, 4.69) is 21.2 Å². The Bertz CT molecular complexity index is 419. The third-order valence-corrected chi connectivity index (χ3v) is 4.98. The summed E-state index contributed by atoms with van der Waals surface area (Å²) in [5, 5.41) is 13.0. The third kappa shape index (κ3) is 3.77. The minimum atomic E-state index is -0.228. The molecule has 0 heterocycles. The first-order valence-corrected chi connectivity index (χ1v) is 7.71. The van der Waals surface area contributed by atoms with E-state index in [0.717, 1.165) is 24.9 Å². The van der Waals surface area contributed by atoms with Crippen LogP contribution in [0.25, 0.3) is 0 Å². The molecule has 0 aromatic heterocycles. The topological polar surface area (TPSA) is 32.3 Å². The SMILES string of the molecule is OCC1(CNCc2cccc(F)c2Br)CCCCC1. The van der Waals surface area contributed by atoms with Gasteiger partial charge in [0.25, 0.3) is 0 Å². The van der Waals surface area contributed by atoms with Gasteiger partial charge in [-0.25, -0.2) is 4.39 Å². The fourth-order valence-corrected chi connectivity index (χ4v) is 3.24. The van der Waals surface area contributed by atoms with Gasteiger partial charge in [-0.15, -0.1) is 0 Å². The van der Waals surface area contributed by atoms with Gasteiger partial charge in [-0.3, -0.25) is 0 Å². The fourth-order valence-electron chi connectivity index (χ4n) is 2.84. The molecule has 0 saturated heterocycles. The van der Waals surface area contributed by atoms with Gasteiger partial charge in [0.15, 0.2) is 0 Å². The summed E-state index contributed by atoms with van der Waals surface area (Å²) in [6, 6.07) is 5.08. The van der Waals surface area contributed by atoms with Crippen LogP contribution in [0.3, 0.4) is 0 Å². The molecule has 1 aromatic rings. The van der Waals surface area contributed by atoms with Crippen LogP contribution in [0.15, 0.2) is 22.7 Å². The van der Waals surface area contributed by atoms with E-state index in [1.165, 1.54) is 25.3 Å². The Kier molecular flexibility index (Phi) is 5.37. The molecule has 2 nitrogen and oxygen atoms in total. The van der Waals surface area contributed by atoms with Crippen molar-refractivity contribution in [2.75, 3.05) is 13.2 Å². The number of aliphatic hydroxyl groups is 1. The van der Waals surface area contributed by atoms with E-state index in [4.69, 9.17) is 0 Å². The molecular weight excluding hydrogens is 309 g/mol. The highest BCUT2D eigenvalue weighted by molar-refractivity contribution is 9.10. The molecule has 0 radical (unpaired) electrons. The van der Waals surface area contributed by atoms with E-state index >= 15 is 0 Å². The minimum Gasteiger partial charge on any atom is -0.396 e. The zero-order valence-electron chi connectivity index (χ0n) is 11.1. The van der Waals surface area contributed by atoms with Gasteiger partial charge >= 0.3 is 0 Å². The molecular formula is C15H21BrFNO. The lowest BCUT2D eigenvalue weighted by Gasteiger charge is -2.35. The largest absolute Gasteiger partial charge is 0.396 e. The number of halogens is 2. The molecule has 2 N–H and O–H groups in total. The molecule has 0 aliphatic heterocycles.